The molecule has 8 rings (SSSR count). The van der Waals surface area contributed by atoms with Gasteiger partial charge in [-0.3, -0.25) is 0 Å². The molecule has 0 amide bonds. The van der Waals surface area contributed by atoms with Gasteiger partial charge in [-0.2, -0.15) is 0 Å². The summed E-state index contributed by atoms with van der Waals surface area (Å²) in [4.78, 5) is 0. The van der Waals surface area contributed by atoms with E-state index in [1.54, 1.807) is 11.1 Å². The second-order valence-electron chi connectivity index (χ2n) is 12.0. The molecule has 0 spiro atoms. The second kappa shape index (κ2) is 9.93. The largest absolute Gasteiger partial charge is 0.0839 e. The molecule has 0 saturated carbocycles. The highest BCUT2D eigenvalue weighted by atomic mass is 14.3. The van der Waals surface area contributed by atoms with E-state index < -0.39 is 0 Å². The first-order valence-corrected chi connectivity index (χ1v) is 15.4. The van der Waals surface area contributed by atoms with E-state index in [1.807, 2.05) is 0 Å². The minimum Gasteiger partial charge on any atom is -0.0839 e. The Morgan fingerprint density at radius 3 is 2.12 bits per heavy atom. The average Bonchev–Trinajstić information content (AvgIpc) is 3.03. The first-order valence-electron chi connectivity index (χ1n) is 15.4. The zero-order chi connectivity index (χ0) is 26.5. The molecule has 0 radical (unpaired) electrons. The van der Waals surface area contributed by atoms with Crippen LogP contribution in [0.2, 0.25) is 0 Å². The van der Waals surface area contributed by atoms with E-state index in [4.69, 9.17) is 0 Å². The Bertz CT molecular complexity index is 1970. The van der Waals surface area contributed by atoms with E-state index in [9.17, 15) is 0 Å². The van der Waals surface area contributed by atoms with Crippen LogP contribution in [0.1, 0.15) is 63.4 Å². The highest BCUT2D eigenvalue weighted by molar-refractivity contribution is 6.04. The van der Waals surface area contributed by atoms with E-state index in [0.29, 0.717) is 0 Å². The molecular formula is C40H36. The molecule has 40 heavy (non-hydrogen) atoms. The first-order chi connectivity index (χ1) is 19.8. The summed E-state index contributed by atoms with van der Waals surface area (Å²) in [7, 11) is 0. The summed E-state index contributed by atoms with van der Waals surface area (Å²) in [5, 5.41) is 8.51. The summed E-state index contributed by atoms with van der Waals surface area (Å²) in [6, 6.07) is 16.1. The Labute approximate surface area is 237 Å². The zero-order valence-corrected chi connectivity index (χ0v) is 23.3. The third-order valence-corrected chi connectivity index (χ3v) is 9.75. The molecule has 3 aromatic carbocycles. The summed E-state index contributed by atoms with van der Waals surface area (Å²) >= 11 is 0. The van der Waals surface area contributed by atoms with Gasteiger partial charge in [0.15, 0.2) is 0 Å². The van der Waals surface area contributed by atoms with Crippen LogP contribution in [0.15, 0.2) is 95.6 Å². The predicted octanol–water partition coefficient (Wildman–Crippen LogP) is 7.54. The van der Waals surface area contributed by atoms with Gasteiger partial charge in [0.25, 0.3) is 0 Å². The average molecular weight is 517 g/mol. The Morgan fingerprint density at radius 1 is 0.575 bits per heavy atom. The van der Waals surface area contributed by atoms with Crippen molar-refractivity contribution in [2.75, 3.05) is 0 Å². The smallest absolute Gasteiger partial charge is 0.00236 e. The lowest BCUT2D eigenvalue weighted by atomic mass is 9.77. The molecule has 1 unspecified atom stereocenters. The van der Waals surface area contributed by atoms with Crippen molar-refractivity contribution in [1.82, 2.24) is 0 Å². The number of hydrogen-bond acceptors (Lipinski definition) is 0. The van der Waals surface area contributed by atoms with Crippen LogP contribution in [0, 0.1) is 5.92 Å². The molecule has 3 aromatic rings. The highest BCUT2D eigenvalue weighted by Gasteiger charge is 2.23. The third-order valence-electron chi connectivity index (χ3n) is 9.75. The summed E-state index contributed by atoms with van der Waals surface area (Å²) in [5.74, 6) is 0.734. The van der Waals surface area contributed by atoms with Crippen molar-refractivity contribution in [3.8, 4) is 11.1 Å². The Balaban J connectivity index is 1.32. The van der Waals surface area contributed by atoms with Gasteiger partial charge in [0, 0.05) is 0 Å². The van der Waals surface area contributed by atoms with Crippen LogP contribution in [-0.4, -0.2) is 0 Å². The fourth-order valence-corrected chi connectivity index (χ4v) is 7.78. The molecule has 5 aliphatic rings. The lowest BCUT2D eigenvalue weighted by Gasteiger charge is -2.28. The van der Waals surface area contributed by atoms with Crippen molar-refractivity contribution in [3.63, 3.8) is 0 Å². The van der Waals surface area contributed by atoms with Crippen molar-refractivity contribution in [3.05, 3.63) is 122 Å². The van der Waals surface area contributed by atoms with Gasteiger partial charge in [0.2, 0.25) is 0 Å². The van der Waals surface area contributed by atoms with E-state index in [1.165, 1.54) is 78.7 Å². The van der Waals surface area contributed by atoms with Crippen LogP contribution in [0.5, 0.6) is 0 Å². The molecule has 0 heteroatoms. The molecule has 0 nitrogen and oxygen atoms in total. The summed E-state index contributed by atoms with van der Waals surface area (Å²) < 4.78 is 0. The second-order valence-corrected chi connectivity index (χ2v) is 12.0. The molecule has 1 atom stereocenters. The fraction of sp³-hybridized carbons (Fsp3) is 0.250. The fourth-order valence-electron chi connectivity index (χ4n) is 7.78. The van der Waals surface area contributed by atoms with Crippen LogP contribution in [-0.2, 0) is 0 Å². The molecule has 0 saturated heterocycles. The lowest BCUT2D eigenvalue weighted by molar-refractivity contribution is 0.554. The van der Waals surface area contributed by atoms with Crippen LogP contribution < -0.4 is 20.9 Å². The summed E-state index contributed by atoms with van der Waals surface area (Å²) in [6.45, 7) is 0. The summed E-state index contributed by atoms with van der Waals surface area (Å²) in [5.41, 5.74) is 10.4. The van der Waals surface area contributed by atoms with Gasteiger partial charge in [-0.1, -0.05) is 103 Å². The minimum atomic E-state index is 0.734. The van der Waals surface area contributed by atoms with Crippen LogP contribution in [0.25, 0.3) is 51.8 Å². The molecule has 0 N–H and O–H groups in total. The number of rotatable bonds is 3. The number of allylic oxidation sites excluding steroid dienone is 10. The standard InChI is InChI=1S/C40H36/c1-2-12-31-26-32(25-22-27(31)10-1)28-20-23-30(24-21-28)39-35-15-5-7-17-37(35)40(38-18-8-6-16-36(38)39)34-19-9-13-29-11-3-4-14-33(29)34/h1-2,5,7,9,11-20,23,26-27H,3-4,6,8,10,21-22,24-25H2. The maximum atomic E-state index is 2.53. The van der Waals surface area contributed by atoms with E-state index >= 15 is 0 Å². The van der Waals surface area contributed by atoms with Gasteiger partial charge in [-0.25, -0.2) is 0 Å². The Kier molecular flexibility index (Phi) is 5.95. The normalized spacial score (nSPS) is 21.1. The molecule has 0 aromatic heterocycles. The minimum absolute atomic E-state index is 0.734. The maximum Gasteiger partial charge on any atom is -0.00236 e. The van der Waals surface area contributed by atoms with Crippen LogP contribution in [0.3, 0.4) is 0 Å². The molecule has 0 heterocycles. The monoisotopic (exact) mass is 516 g/mol. The van der Waals surface area contributed by atoms with Crippen LogP contribution >= 0.6 is 0 Å². The van der Waals surface area contributed by atoms with Crippen LogP contribution in [0.4, 0.5) is 0 Å². The van der Waals surface area contributed by atoms with Gasteiger partial charge >= 0.3 is 0 Å². The van der Waals surface area contributed by atoms with Crippen molar-refractivity contribution in [2.24, 2.45) is 5.92 Å². The highest BCUT2D eigenvalue weighted by Crippen LogP contribution is 2.40. The lowest BCUT2D eigenvalue weighted by Crippen LogP contribution is -2.36. The van der Waals surface area contributed by atoms with Crippen molar-refractivity contribution in [1.29, 1.82) is 0 Å². The quantitative estimate of drug-likeness (QED) is 0.337. The first kappa shape index (κ1) is 23.9. The van der Waals surface area contributed by atoms with Gasteiger partial charge in [-0.15, -0.1) is 0 Å². The van der Waals surface area contributed by atoms with E-state index in [-0.39, 0.29) is 0 Å². The Hall–Kier alpha value is -3.90. The number of benzene rings is 3. The van der Waals surface area contributed by atoms with Gasteiger partial charge in [-0.05, 0) is 134 Å². The molecule has 0 bridgehead atoms. The van der Waals surface area contributed by atoms with Gasteiger partial charge in [0.1, 0.15) is 0 Å². The number of fused-ring (bicyclic) bond motifs is 4. The molecule has 5 aliphatic carbocycles. The van der Waals surface area contributed by atoms with Crippen molar-refractivity contribution < 1.29 is 0 Å². The van der Waals surface area contributed by atoms with Gasteiger partial charge < -0.3 is 0 Å². The SMILES string of the molecule is C1=CCC2CCC(C3=CC=C(c4c5c(c(-c6cccc7c6=CCCC=7)c6ccccc46)=CCCC=5)CC3)=CC2=C1. The maximum absolute atomic E-state index is 2.53. The molecular weight excluding hydrogens is 480 g/mol. The van der Waals surface area contributed by atoms with Crippen molar-refractivity contribution in [2.45, 2.75) is 57.8 Å². The van der Waals surface area contributed by atoms with Crippen molar-refractivity contribution >= 4 is 40.6 Å². The van der Waals surface area contributed by atoms with E-state index in [0.717, 1.165) is 44.4 Å². The Morgan fingerprint density at radius 2 is 1.30 bits per heavy atom. The third kappa shape index (κ3) is 3.96. The zero-order valence-electron chi connectivity index (χ0n) is 23.3. The summed E-state index contributed by atoms with van der Waals surface area (Å²) in [6.07, 6.45) is 34.7. The molecule has 0 aliphatic heterocycles. The predicted molar refractivity (Wildman–Crippen MR) is 172 cm³/mol. The molecule has 196 valence electrons. The van der Waals surface area contributed by atoms with Gasteiger partial charge in [0.05, 0.1) is 0 Å². The topological polar surface area (TPSA) is 0 Å². The molecule has 0 fully saturated rings. The number of hydrogen-bond donors (Lipinski definition) is 0. The van der Waals surface area contributed by atoms with E-state index in [2.05, 4.69) is 103 Å².